The lowest BCUT2D eigenvalue weighted by Gasteiger charge is -2.12. The Bertz CT molecular complexity index is 1200. The Morgan fingerprint density at radius 3 is 2.47 bits per heavy atom. The second-order valence-electron chi connectivity index (χ2n) is 7.96. The molecule has 0 spiro atoms. The average molecular weight is 476 g/mol. The molecule has 4 rings (SSSR count). The summed E-state index contributed by atoms with van der Waals surface area (Å²) in [5.41, 5.74) is 2.85. The number of esters is 1. The van der Waals surface area contributed by atoms with Gasteiger partial charge in [-0.05, 0) is 66.4 Å². The third kappa shape index (κ3) is 5.86. The first-order chi connectivity index (χ1) is 16.5. The fourth-order valence-corrected chi connectivity index (χ4v) is 3.64. The predicted molar refractivity (Wildman–Crippen MR) is 135 cm³/mol. The van der Waals surface area contributed by atoms with Crippen molar-refractivity contribution in [1.29, 1.82) is 0 Å². The van der Waals surface area contributed by atoms with Gasteiger partial charge in [-0.1, -0.05) is 55.8 Å². The first kappa shape index (κ1) is 23.6. The van der Waals surface area contributed by atoms with Gasteiger partial charge in [0.15, 0.2) is 5.70 Å². The molecule has 0 aliphatic carbocycles. The van der Waals surface area contributed by atoms with Gasteiger partial charge in [0.1, 0.15) is 24.7 Å². The maximum atomic E-state index is 12.4. The summed E-state index contributed by atoms with van der Waals surface area (Å²) in [6, 6.07) is 22.6. The minimum Gasteiger partial charge on any atom is -0.490 e. The van der Waals surface area contributed by atoms with E-state index in [2.05, 4.69) is 31.0 Å². The first-order valence-corrected chi connectivity index (χ1v) is 11.6. The van der Waals surface area contributed by atoms with Gasteiger partial charge in [-0.2, -0.15) is 0 Å². The van der Waals surface area contributed by atoms with Crippen LogP contribution in [0.25, 0.3) is 6.08 Å². The number of aliphatic imine (C=N–C) groups is 1. The number of rotatable bonds is 9. The summed E-state index contributed by atoms with van der Waals surface area (Å²) in [4.78, 5) is 16.7. The minimum atomic E-state index is -0.519. The van der Waals surface area contributed by atoms with Gasteiger partial charge in [0.05, 0.1) is 0 Å². The molecule has 1 aliphatic rings. The largest absolute Gasteiger partial charge is 0.490 e. The molecule has 0 aromatic heterocycles. The number of nitrogens with zero attached hydrogens (tertiary/aromatic N) is 1. The molecule has 34 heavy (non-hydrogen) atoms. The normalized spacial score (nSPS) is 15.1. The van der Waals surface area contributed by atoms with Crippen LogP contribution in [0.2, 0.25) is 5.02 Å². The van der Waals surface area contributed by atoms with Crippen molar-refractivity contribution in [1.82, 2.24) is 0 Å². The van der Waals surface area contributed by atoms with Crippen LogP contribution in [0.5, 0.6) is 11.5 Å². The van der Waals surface area contributed by atoms with E-state index in [9.17, 15) is 4.79 Å². The van der Waals surface area contributed by atoms with Crippen molar-refractivity contribution in [2.45, 2.75) is 26.2 Å². The van der Waals surface area contributed by atoms with E-state index in [1.807, 2.05) is 42.5 Å². The predicted octanol–water partition coefficient (Wildman–Crippen LogP) is 6.66. The Morgan fingerprint density at radius 1 is 1.00 bits per heavy atom. The average Bonchev–Trinajstić information content (AvgIpc) is 3.23. The molecule has 0 saturated heterocycles. The molecule has 0 bridgehead atoms. The third-order valence-corrected chi connectivity index (χ3v) is 5.81. The summed E-state index contributed by atoms with van der Waals surface area (Å²) in [5.74, 6) is 1.65. The molecule has 3 aromatic rings. The van der Waals surface area contributed by atoms with E-state index in [0.717, 1.165) is 17.7 Å². The molecule has 1 atom stereocenters. The first-order valence-electron chi connectivity index (χ1n) is 11.3. The monoisotopic (exact) mass is 475 g/mol. The van der Waals surface area contributed by atoms with Crippen molar-refractivity contribution in [3.63, 3.8) is 0 Å². The lowest BCUT2D eigenvalue weighted by molar-refractivity contribution is -0.129. The number of ether oxygens (including phenoxy) is 3. The van der Waals surface area contributed by atoms with Crippen molar-refractivity contribution >= 4 is 29.5 Å². The highest BCUT2D eigenvalue weighted by atomic mass is 35.5. The molecule has 0 fully saturated rings. The molecule has 1 heterocycles. The van der Waals surface area contributed by atoms with Crippen LogP contribution in [-0.4, -0.2) is 25.1 Å². The fraction of sp³-hybridized carbons (Fsp3) is 0.214. The molecule has 0 saturated carbocycles. The molecule has 3 aromatic carbocycles. The number of benzene rings is 3. The van der Waals surface area contributed by atoms with E-state index in [1.165, 1.54) is 5.56 Å². The Morgan fingerprint density at radius 2 is 1.74 bits per heavy atom. The molecule has 0 amide bonds. The SMILES string of the molecule is CC[C@@H](C)c1ccc(OCCOc2ccc(Cl)cc2/C=C2\N=C(c3ccccc3)OC2=O)cc1. The fourth-order valence-electron chi connectivity index (χ4n) is 3.46. The Labute approximate surface area is 204 Å². The van der Waals surface area contributed by atoms with E-state index >= 15 is 0 Å². The van der Waals surface area contributed by atoms with Crippen molar-refractivity contribution in [3.05, 3.63) is 100 Å². The van der Waals surface area contributed by atoms with Crippen molar-refractivity contribution in [2.75, 3.05) is 13.2 Å². The van der Waals surface area contributed by atoms with E-state index in [1.54, 1.807) is 24.3 Å². The number of halogens is 1. The topological polar surface area (TPSA) is 57.1 Å². The van der Waals surface area contributed by atoms with E-state index < -0.39 is 5.97 Å². The van der Waals surface area contributed by atoms with Gasteiger partial charge >= 0.3 is 5.97 Å². The number of cyclic esters (lactones) is 1. The van der Waals surface area contributed by atoms with Gasteiger partial charge in [0, 0.05) is 16.1 Å². The number of hydrogen-bond acceptors (Lipinski definition) is 5. The Kier molecular flexibility index (Phi) is 7.65. The summed E-state index contributed by atoms with van der Waals surface area (Å²) in [6.07, 6.45) is 2.72. The van der Waals surface area contributed by atoms with Gasteiger partial charge < -0.3 is 14.2 Å². The van der Waals surface area contributed by atoms with Crippen LogP contribution in [0.15, 0.2) is 83.5 Å². The lowest BCUT2D eigenvalue weighted by Crippen LogP contribution is -2.09. The Balaban J connectivity index is 1.41. The third-order valence-electron chi connectivity index (χ3n) is 5.58. The van der Waals surface area contributed by atoms with E-state index in [4.69, 9.17) is 25.8 Å². The van der Waals surface area contributed by atoms with E-state index in [0.29, 0.717) is 35.5 Å². The summed E-state index contributed by atoms with van der Waals surface area (Å²) in [7, 11) is 0. The number of carbonyl (C=O) groups is 1. The van der Waals surface area contributed by atoms with Crippen LogP contribution in [0.1, 0.15) is 42.9 Å². The highest BCUT2D eigenvalue weighted by molar-refractivity contribution is 6.30. The molecule has 1 aliphatic heterocycles. The van der Waals surface area contributed by atoms with Crippen LogP contribution in [0.4, 0.5) is 0 Å². The minimum absolute atomic E-state index is 0.184. The summed E-state index contributed by atoms with van der Waals surface area (Å²) < 4.78 is 17.1. The van der Waals surface area contributed by atoms with Crippen LogP contribution >= 0.6 is 11.6 Å². The molecular formula is C28H26ClNO4. The molecule has 5 nitrogen and oxygen atoms in total. The van der Waals surface area contributed by atoms with Gasteiger partial charge in [0.25, 0.3) is 0 Å². The summed E-state index contributed by atoms with van der Waals surface area (Å²) >= 11 is 6.19. The highest BCUT2D eigenvalue weighted by Gasteiger charge is 2.24. The second-order valence-corrected chi connectivity index (χ2v) is 8.40. The van der Waals surface area contributed by atoms with Crippen molar-refractivity contribution < 1.29 is 19.0 Å². The van der Waals surface area contributed by atoms with Crippen LogP contribution in [-0.2, 0) is 9.53 Å². The molecule has 174 valence electrons. The summed E-state index contributed by atoms with van der Waals surface area (Å²) in [6.45, 7) is 5.09. The smallest absolute Gasteiger partial charge is 0.363 e. The van der Waals surface area contributed by atoms with Crippen molar-refractivity contribution in [3.8, 4) is 11.5 Å². The molecule has 0 N–H and O–H groups in total. The molecular weight excluding hydrogens is 450 g/mol. The maximum absolute atomic E-state index is 12.4. The number of hydrogen-bond donors (Lipinski definition) is 0. The molecule has 0 unspecified atom stereocenters. The highest BCUT2D eigenvalue weighted by Crippen LogP contribution is 2.28. The zero-order valence-corrected chi connectivity index (χ0v) is 19.9. The zero-order valence-electron chi connectivity index (χ0n) is 19.2. The summed E-state index contributed by atoms with van der Waals surface area (Å²) in [5, 5.41) is 0.524. The Hall–Kier alpha value is -3.57. The van der Waals surface area contributed by atoms with Gasteiger partial charge in [-0.3, -0.25) is 0 Å². The van der Waals surface area contributed by atoms with E-state index in [-0.39, 0.29) is 11.6 Å². The number of carbonyl (C=O) groups excluding carboxylic acids is 1. The van der Waals surface area contributed by atoms with Gasteiger partial charge in [0.2, 0.25) is 5.90 Å². The second kappa shape index (κ2) is 11.0. The lowest BCUT2D eigenvalue weighted by atomic mass is 9.99. The zero-order chi connectivity index (χ0) is 23.9. The van der Waals surface area contributed by atoms with Gasteiger partial charge in [-0.25, -0.2) is 9.79 Å². The standard InChI is InChI=1S/C28H26ClNO4/c1-3-19(2)20-9-12-24(13-10-20)32-15-16-33-26-14-11-23(29)17-22(26)18-25-28(31)34-27(30-25)21-7-5-4-6-8-21/h4-14,17-19H,3,15-16H2,1-2H3/b25-18-/t19-/m1/s1. The van der Waals surface area contributed by atoms with Crippen molar-refractivity contribution in [2.24, 2.45) is 4.99 Å². The molecule has 0 radical (unpaired) electrons. The maximum Gasteiger partial charge on any atom is 0.363 e. The van der Waals surface area contributed by atoms with Crippen LogP contribution in [0, 0.1) is 0 Å². The quantitative estimate of drug-likeness (QED) is 0.197. The van der Waals surface area contributed by atoms with Gasteiger partial charge in [-0.15, -0.1) is 0 Å². The van der Waals surface area contributed by atoms with Crippen LogP contribution in [0.3, 0.4) is 0 Å². The van der Waals surface area contributed by atoms with Crippen LogP contribution < -0.4 is 9.47 Å². The molecule has 6 heteroatoms.